The van der Waals surface area contributed by atoms with E-state index in [-0.39, 0.29) is 55.7 Å². The fraction of sp³-hybridized carbons (Fsp3) is 0.0250. The lowest BCUT2D eigenvalue weighted by molar-refractivity contribution is 0.0697. The summed E-state index contributed by atoms with van der Waals surface area (Å²) in [6, 6.07) is 19.3. The van der Waals surface area contributed by atoms with Gasteiger partial charge < -0.3 is 25.6 Å². The molecule has 65 heavy (non-hydrogen) atoms. The molecule has 0 fully saturated rings. The number of rotatable bonds is 12. The molecule has 0 aliphatic heterocycles. The van der Waals surface area contributed by atoms with Crippen LogP contribution in [0.25, 0.3) is 22.0 Å². The molecule has 8 N–H and O–H groups in total. The number of carbonyl (C=O) groups excluding carboxylic acids is 2. The molecule has 22 nitrogen and oxygen atoms in total. The molecule has 0 spiro atoms. The number of benzene rings is 5. The van der Waals surface area contributed by atoms with Crippen LogP contribution in [0.4, 0.5) is 34.6 Å². The van der Waals surface area contributed by atoms with Gasteiger partial charge in [0.2, 0.25) is 11.9 Å². The molecule has 0 saturated carbocycles. The number of aromatic nitrogens is 4. The van der Waals surface area contributed by atoms with Crippen LogP contribution < -0.4 is 27.2 Å². The van der Waals surface area contributed by atoms with Crippen LogP contribution in [-0.2, 0) is 37.4 Å². The Kier molecular flexibility index (Phi) is 10.6. The smallest absolute Gasteiger partial charge is 0.351 e. The maximum atomic E-state index is 14.6. The lowest BCUT2D eigenvalue weighted by Crippen LogP contribution is -2.29. The topological polar surface area (TPSA) is 351 Å². The Hall–Kier alpha value is -7.94. The Labute approximate surface area is 364 Å². The maximum Gasteiger partial charge on any atom is 0.351 e. The summed E-state index contributed by atoms with van der Waals surface area (Å²) in [4.78, 5) is 74.3. The van der Waals surface area contributed by atoms with Crippen molar-refractivity contribution in [3.63, 3.8) is 0 Å². The molecule has 0 unspecified atom stereocenters. The number of aromatic amines is 1. The van der Waals surface area contributed by atoms with Crippen molar-refractivity contribution in [3.05, 3.63) is 146 Å². The average Bonchev–Trinajstić information content (AvgIpc) is 3.23. The summed E-state index contributed by atoms with van der Waals surface area (Å²) < 4.78 is 107. The lowest BCUT2D eigenvalue weighted by Gasteiger charge is -2.26. The van der Waals surface area contributed by atoms with Gasteiger partial charge in [-0.05, 0) is 54.1 Å². The molecule has 2 heterocycles. The van der Waals surface area contributed by atoms with Gasteiger partial charge in [0.05, 0.1) is 49.9 Å². The number of hydrogen-bond acceptors (Lipinski definition) is 16. The number of fused-ring (bicyclic) bond motifs is 2. The van der Waals surface area contributed by atoms with Crippen LogP contribution in [0.5, 0.6) is 0 Å². The molecule has 8 rings (SSSR count). The first kappa shape index (κ1) is 43.7. The van der Waals surface area contributed by atoms with E-state index < -0.39 is 103 Å². The average molecular weight is 942 g/mol. The number of aryl methyl sites for hydroxylation is 1. The number of carboxylic acids is 1. The highest BCUT2D eigenvalue weighted by atomic mass is 32.2. The first-order valence-corrected chi connectivity index (χ1v) is 22.6. The maximum absolute atomic E-state index is 14.6. The third-order valence-electron chi connectivity index (χ3n) is 10.1. The largest absolute Gasteiger partial charge is 0.478 e. The van der Waals surface area contributed by atoms with Gasteiger partial charge in [-0.3, -0.25) is 33.0 Å². The number of carboxylic acid groups (broad SMARTS) is 1. The second-order valence-corrected chi connectivity index (χ2v) is 18.3. The van der Waals surface area contributed by atoms with Crippen molar-refractivity contribution in [3.8, 4) is 11.1 Å². The first-order chi connectivity index (χ1) is 30.5. The van der Waals surface area contributed by atoms with E-state index in [4.69, 9.17) is 0 Å². The van der Waals surface area contributed by atoms with Gasteiger partial charge in [0, 0.05) is 29.1 Å². The predicted molar refractivity (Wildman–Crippen MR) is 230 cm³/mol. The number of hydrogen-bond donors (Lipinski definition) is 8. The highest BCUT2D eigenvalue weighted by molar-refractivity contribution is 7.87. The van der Waals surface area contributed by atoms with Crippen molar-refractivity contribution >= 4 is 93.4 Å². The minimum absolute atomic E-state index is 0.0283. The van der Waals surface area contributed by atoms with E-state index in [1.165, 1.54) is 79.8 Å². The molecule has 2 aromatic heterocycles. The Morgan fingerprint density at radius 3 is 1.95 bits per heavy atom. The van der Waals surface area contributed by atoms with E-state index >= 15 is 0 Å². The number of carbonyl (C=O) groups is 3. The van der Waals surface area contributed by atoms with E-state index in [1.807, 2.05) is 0 Å². The Balaban J connectivity index is 1.33. The molecule has 1 aliphatic rings. The molecule has 0 saturated heterocycles. The molecule has 0 bridgehead atoms. The van der Waals surface area contributed by atoms with Crippen LogP contribution in [0, 0.1) is 0 Å². The Morgan fingerprint density at radius 2 is 1.29 bits per heavy atom. The normalized spacial score (nSPS) is 12.4. The first-order valence-electron chi connectivity index (χ1n) is 18.2. The van der Waals surface area contributed by atoms with Crippen molar-refractivity contribution in [2.45, 2.75) is 14.7 Å². The third kappa shape index (κ3) is 8.01. The van der Waals surface area contributed by atoms with Crippen molar-refractivity contribution in [1.82, 2.24) is 19.5 Å². The number of nitrogens with zero attached hydrogens (tertiary/aromatic N) is 3. The fourth-order valence-corrected chi connectivity index (χ4v) is 9.19. The minimum Gasteiger partial charge on any atom is -0.478 e. The molecular weight excluding hydrogens is 915 g/mol. The molecule has 0 atom stereocenters. The quantitative estimate of drug-likeness (QED) is 0.0630. The van der Waals surface area contributed by atoms with Gasteiger partial charge in [0.25, 0.3) is 35.9 Å². The second kappa shape index (κ2) is 15.7. The SMILES string of the molecule is Cn1c(=O)c(C(=O)c2cccc(S(=O)(=O)O)c2)c2c3c(c(Nc4cc(Nc5nc(Nc6ccccc6C(=O)O)nc(=O)[nH]5)c(S(=O)(=O)O)cc4S(=O)(=O)O)ccc31)C(=O)c1ccccc1-2. The highest BCUT2D eigenvalue weighted by Crippen LogP contribution is 2.45. The van der Waals surface area contributed by atoms with Gasteiger partial charge in [-0.25, -0.2) is 9.59 Å². The number of ketones is 2. The van der Waals surface area contributed by atoms with Crippen LogP contribution in [0.2, 0.25) is 0 Å². The van der Waals surface area contributed by atoms with Gasteiger partial charge >= 0.3 is 11.7 Å². The molecule has 5 aromatic carbocycles. The zero-order valence-electron chi connectivity index (χ0n) is 32.6. The molecule has 0 radical (unpaired) electrons. The summed E-state index contributed by atoms with van der Waals surface area (Å²) in [6.45, 7) is 0. The molecule has 1 aliphatic carbocycles. The van der Waals surface area contributed by atoms with E-state index in [0.717, 1.165) is 22.8 Å². The van der Waals surface area contributed by atoms with Crippen LogP contribution in [0.3, 0.4) is 0 Å². The summed E-state index contributed by atoms with van der Waals surface area (Å²) in [7, 11) is -14.3. The van der Waals surface area contributed by atoms with Gasteiger partial charge in [0.15, 0.2) is 11.6 Å². The third-order valence-corrected chi connectivity index (χ3v) is 12.7. The minimum atomic E-state index is -5.42. The van der Waals surface area contributed by atoms with Crippen molar-refractivity contribution in [2.75, 3.05) is 16.0 Å². The number of pyridine rings is 1. The van der Waals surface area contributed by atoms with Crippen LogP contribution in [0.1, 0.15) is 42.2 Å². The van der Waals surface area contributed by atoms with E-state index in [9.17, 15) is 68.0 Å². The number of H-pyrrole nitrogens is 1. The molecule has 7 aromatic rings. The number of aromatic carboxylic acids is 1. The summed E-state index contributed by atoms with van der Waals surface area (Å²) in [6.07, 6.45) is 0. The summed E-state index contributed by atoms with van der Waals surface area (Å²) in [5.41, 5.74) is -4.91. The standard InChI is InChI=1S/C40H27N7O15S3/c1-47-27-14-13-24(31-32(27)30(20-9-2-3-10-21(20)35(31)49)33(36(47)50)34(48)18-7-6-8-19(15-18)63(54,55)56)41-25-16-26(29(65(60,61)62)17-28(25)64(57,58)59)43-39-44-38(45-40(53)46-39)42-23-12-5-4-11-22(23)37(51)52/h2-17,41H,1H3,(H,51,52)(H,54,55,56)(H,57,58,59)(H,60,61,62)(H3,42,43,44,45,46,53). The fourth-order valence-electron chi connectivity index (χ4n) is 7.28. The van der Waals surface area contributed by atoms with Crippen molar-refractivity contribution < 1.29 is 58.4 Å². The zero-order valence-corrected chi connectivity index (χ0v) is 35.0. The summed E-state index contributed by atoms with van der Waals surface area (Å²) in [5.74, 6) is -4.17. The van der Waals surface area contributed by atoms with Gasteiger partial charge in [-0.15, -0.1) is 0 Å². The number of anilines is 6. The summed E-state index contributed by atoms with van der Waals surface area (Å²) in [5, 5.41) is 17.3. The van der Waals surface area contributed by atoms with Crippen LogP contribution >= 0.6 is 0 Å². The Bertz CT molecular complexity index is 3760. The zero-order chi connectivity index (χ0) is 46.9. The van der Waals surface area contributed by atoms with E-state index in [1.54, 1.807) is 0 Å². The van der Waals surface area contributed by atoms with E-state index in [2.05, 4.69) is 30.9 Å². The Morgan fingerprint density at radius 1 is 0.646 bits per heavy atom. The van der Waals surface area contributed by atoms with Gasteiger partial charge in [-0.2, -0.15) is 35.2 Å². The predicted octanol–water partition coefficient (Wildman–Crippen LogP) is 4.13. The molecule has 25 heteroatoms. The van der Waals surface area contributed by atoms with Gasteiger partial charge in [-0.1, -0.05) is 48.5 Å². The van der Waals surface area contributed by atoms with Crippen molar-refractivity contribution in [1.29, 1.82) is 0 Å². The van der Waals surface area contributed by atoms with Crippen molar-refractivity contribution in [2.24, 2.45) is 7.05 Å². The van der Waals surface area contributed by atoms with E-state index in [0.29, 0.717) is 6.07 Å². The highest BCUT2D eigenvalue weighted by Gasteiger charge is 2.35. The molecule has 330 valence electrons. The lowest BCUT2D eigenvalue weighted by atomic mass is 9.80. The monoisotopic (exact) mass is 941 g/mol. The van der Waals surface area contributed by atoms with Crippen LogP contribution in [-0.4, -0.2) is 81.1 Å². The van der Waals surface area contributed by atoms with Crippen LogP contribution in [0.15, 0.2) is 121 Å². The van der Waals surface area contributed by atoms with Gasteiger partial charge in [0.1, 0.15) is 9.79 Å². The second-order valence-electron chi connectivity index (χ2n) is 14.0. The molecular formula is C40H27N7O15S3. The summed E-state index contributed by atoms with van der Waals surface area (Å²) >= 11 is 0. The number of para-hydroxylation sites is 1. The molecule has 0 amide bonds. The number of nitrogens with one attached hydrogen (secondary N) is 4.